The molecule has 2 amide bonds. The van der Waals surface area contributed by atoms with Gasteiger partial charge in [0.05, 0.1) is 11.9 Å². The topological polar surface area (TPSA) is 75.5 Å². The highest BCUT2D eigenvalue weighted by Gasteiger charge is 2.15. The summed E-state index contributed by atoms with van der Waals surface area (Å²) in [6.45, 7) is 8.22. The number of benzene rings is 3. The lowest BCUT2D eigenvalue weighted by molar-refractivity contribution is -0.136. The molecule has 0 unspecified atom stereocenters. The van der Waals surface area contributed by atoms with Crippen molar-refractivity contribution in [3.05, 3.63) is 94.8 Å². The minimum absolute atomic E-state index is 0.578. The maximum Gasteiger partial charge on any atom is 0.329 e. The quantitative estimate of drug-likeness (QED) is 0.269. The minimum Gasteiger partial charge on any atom is -0.317 e. The van der Waals surface area contributed by atoms with E-state index in [2.05, 4.69) is 46.4 Å². The van der Waals surface area contributed by atoms with Gasteiger partial charge in [0.1, 0.15) is 0 Å². The number of hydrazone groups is 1. The van der Waals surface area contributed by atoms with E-state index in [1.54, 1.807) is 12.3 Å². The van der Waals surface area contributed by atoms with Crippen LogP contribution in [0.4, 0.5) is 5.69 Å². The zero-order valence-electron chi connectivity index (χ0n) is 19.1. The van der Waals surface area contributed by atoms with Crippen molar-refractivity contribution in [3.63, 3.8) is 0 Å². The number of nitrogens with one attached hydrogen (secondary N) is 2. The van der Waals surface area contributed by atoms with E-state index in [9.17, 15) is 9.59 Å². The molecular weight excluding hydrogens is 412 g/mol. The number of amides is 2. The fourth-order valence-corrected chi connectivity index (χ4v) is 4.15. The molecule has 0 saturated heterocycles. The lowest BCUT2D eigenvalue weighted by atomic mass is 10.1. The van der Waals surface area contributed by atoms with Gasteiger partial charge in [0.15, 0.2) is 0 Å². The van der Waals surface area contributed by atoms with Crippen LogP contribution >= 0.6 is 0 Å². The summed E-state index contributed by atoms with van der Waals surface area (Å²) in [4.78, 5) is 24.7. The van der Waals surface area contributed by atoms with Crippen LogP contribution in [0.5, 0.6) is 0 Å². The van der Waals surface area contributed by atoms with Gasteiger partial charge in [-0.15, -0.1) is 0 Å². The molecule has 166 valence electrons. The largest absolute Gasteiger partial charge is 0.329 e. The standard InChI is InChI=1S/C27H26N4O2/c1-17-9-7-10-18(2)25(17)31-19(3)15-22(20(31)4)16-28-30-27(33)26(32)29-24-14-8-12-21-11-5-6-13-23(21)24/h5-16H,1-4H3,(H,29,32)(H,30,33)/b28-16-. The Bertz CT molecular complexity index is 1370. The van der Waals surface area contributed by atoms with Gasteiger partial charge < -0.3 is 9.88 Å². The first-order chi connectivity index (χ1) is 15.9. The highest BCUT2D eigenvalue weighted by molar-refractivity contribution is 6.40. The fourth-order valence-electron chi connectivity index (χ4n) is 4.15. The van der Waals surface area contributed by atoms with Crippen LogP contribution < -0.4 is 10.7 Å². The molecule has 0 aliphatic rings. The Kier molecular flexibility index (Phi) is 6.09. The van der Waals surface area contributed by atoms with Gasteiger partial charge in [-0.05, 0) is 56.3 Å². The van der Waals surface area contributed by atoms with Crippen molar-refractivity contribution in [1.82, 2.24) is 9.99 Å². The molecule has 0 aliphatic carbocycles. The van der Waals surface area contributed by atoms with Crippen LogP contribution in [0.25, 0.3) is 16.5 Å². The van der Waals surface area contributed by atoms with Crippen molar-refractivity contribution in [3.8, 4) is 5.69 Å². The number of nitrogens with zero attached hydrogens (tertiary/aromatic N) is 2. The van der Waals surface area contributed by atoms with E-state index in [1.807, 2.05) is 62.4 Å². The van der Waals surface area contributed by atoms with Gasteiger partial charge in [-0.1, -0.05) is 54.6 Å². The zero-order valence-corrected chi connectivity index (χ0v) is 19.1. The van der Waals surface area contributed by atoms with Gasteiger partial charge >= 0.3 is 11.8 Å². The molecule has 6 heteroatoms. The van der Waals surface area contributed by atoms with E-state index in [4.69, 9.17) is 0 Å². The van der Waals surface area contributed by atoms with Crippen LogP contribution in [0.1, 0.15) is 28.1 Å². The Balaban J connectivity index is 1.48. The summed E-state index contributed by atoms with van der Waals surface area (Å²) in [6, 6.07) is 21.4. The van der Waals surface area contributed by atoms with Gasteiger partial charge in [0.25, 0.3) is 0 Å². The first kappa shape index (κ1) is 22.0. The van der Waals surface area contributed by atoms with Gasteiger partial charge in [-0.3, -0.25) is 9.59 Å². The van der Waals surface area contributed by atoms with Crippen molar-refractivity contribution in [1.29, 1.82) is 0 Å². The van der Waals surface area contributed by atoms with Crippen molar-refractivity contribution in [2.24, 2.45) is 5.10 Å². The van der Waals surface area contributed by atoms with E-state index in [0.29, 0.717) is 5.69 Å². The summed E-state index contributed by atoms with van der Waals surface area (Å²) in [5.74, 6) is -1.60. The molecule has 33 heavy (non-hydrogen) atoms. The lowest BCUT2D eigenvalue weighted by Crippen LogP contribution is -2.32. The SMILES string of the molecule is Cc1cccc(C)c1-n1c(C)cc(/C=N\NC(=O)C(=O)Nc2cccc3ccccc23)c1C. The highest BCUT2D eigenvalue weighted by Crippen LogP contribution is 2.25. The number of fused-ring (bicyclic) bond motifs is 1. The first-order valence-corrected chi connectivity index (χ1v) is 10.7. The molecule has 2 N–H and O–H groups in total. The van der Waals surface area contributed by atoms with Crippen molar-refractivity contribution in [2.45, 2.75) is 27.7 Å². The number of aromatic nitrogens is 1. The van der Waals surface area contributed by atoms with E-state index in [0.717, 1.165) is 33.4 Å². The van der Waals surface area contributed by atoms with Crippen LogP contribution in [-0.4, -0.2) is 22.6 Å². The molecule has 1 heterocycles. The Morgan fingerprint density at radius 3 is 2.27 bits per heavy atom. The van der Waals surface area contributed by atoms with Crippen LogP contribution in [0.3, 0.4) is 0 Å². The molecule has 6 nitrogen and oxygen atoms in total. The van der Waals surface area contributed by atoms with E-state index >= 15 is 0 Å². The second-order valence-electron chi connectivity index (χ2n) is 8.08. The highest BCUT2D eigenvalue weighted by atomic mass is 16.2. The van der Waals surface area contributed by atoms with E-state index in [1.165, 1.54) is 11.1 Å². The molecule has 0 radical (unpaired) electrons. The second kappa shape index (κ2) is 9.12. The summed E-state index contributed by atoms with van der Waals surface area (Å²) in [7, 11) is 0. The van der Waals surface area contributed by atoms with E-state index < -0.39 is 11.8 Å². The van der Waals surface area contributed by atoms with Gasteiger partial charge in [-0.25, -0.2) is 5.43 Å². The molecule has 0 fully saturated rings. The average molecular weight is 439 g/mol. The molecule has 0 aliphatic heterocycles. The number of rotatable bonds is 4. The third-order valence-corrected chi connectivity index (χ3v) is 5.75. The normalized spacial score (nSPS) is 11.2. The van der Waals surface area contributed by atoms with E-state index in [-0.39, 0.29) is 0 Å². The summed E-state index contributed by atoms with van der Waals surface area (Å²) >= 11 is 0. The summed E-state index contributed by atoms with van der Waals surface area (Å²) in [5, 5.41) is 8.53. The molecule has 4 rings (SSSR count). The Morgan fingerprint density at radius 1 is 0.848 bits per heavy atom. The zero-order chi connectivity index (χ0) is 23.5. The predicted octanol–water partition coefficient (Wildman–Crippen LogP) is 4.95. The van der Waals surface area contributed by atoms with Crippen LogP contribution in [-0.2, 0) is 9.59 Å². The summed E-state index contributed by atoms with van der Waals surface area (Å²) < 4.78 is 2.18. The lowest BCUT2D eigenvalue weighted by Gasteiger charge is -2.15. The molecule has 0 saturated carbocycles. The van der Waals surface area contributed by atoms with Gasteiger partial charge in [0.2, 0.25) is 0 Å². The molecule has 0 bridgehead atoms. The summed E-state index contributed by atoms with van der Waals surface area (Å²) in [5.41, 5.74) is 9.34. The molecule has 4 aromatic rings. The number of anilines is 1. The van der Waals surface area contributed by atoms with Gasteiger partial charge in [0, 0.05) is 28.0 Å². The smallest absolute Gasteiger partial charge is 0.317 e. The molecule has 3 aromatic carbocycles. The molecule has 1 aromatic heterocycles. The molecule has 0 spiro atoms. The Morgan fingerprint density at radius 2 is 1.52 bits per heavy atom. The number of carbonyl (C=O) groups is 2. The third-order valence-electron chi connectivity index (χ3n) is 5.75. The number of para-hydroxylation sites is 1. The second-order valence-corrected chi connectivity index (χ2v) is 8.08. The van der Waals surface area contributed by atoms with Crippen LogP contribution in [0.2, 0.25) is 0 Å². The minimum atomic E-state index is -0.831. The number of carbonyl (C=O) groups excluding carboxylic acids is 2. The van der Waals surface area contributed by atoms with Crippen molar-refractivity contribution >= 4 is 34.5 Å². The monoisotopic (exact) mass is 438 g/mol. The van der Waals surface area contributed by atoms with Crippen molar-refractivity contribution < 1.29 is 9.59 Å². The number of aryl methyl sites for hydroxylation is 3. The average Bonchev–Trinajstić information content (AvgIpc) is 3.07. The molecule has 0 atom stereocenters. The Hall–Kier alpha value is -4.19. The number of hydrogen-bond donors (Lipinski definition) is 2. The first-order valence-electron chi connectivity index (χ1n) is 10.7. The maximum absolute atomic E-state index is 12.4. The maximum atomic E-state index is 12.4. The summed E-state index contributed by atoms with van der Waals surface area (Å²) in [6.07, 6.45) is 1.57. The number of hydrogen-bond acceptors (Lipinski definition) is 3. The fraction of sp³-hybridized carbons (Fsp3) is 0.148. The van der Waals surface area contributed by atoms with Gasteiger partial charge in [-0.2, -0.15) is 5.10 Å². The third kappa shape index (κ3) is 4.41. The van der Waals surface area contributed by atoms with Crippen molar-refractivity contribution in [2.75, 3.05) is 5.32 Å². The molecular formula is C27H26N4O2. The predicted molar refractivity (Wildman–Crippen MR) is 133 cm³/mol. The Labute approximate surface area is 192 Å². The van der Waals surface area contributed by atoms with Crippen LogP contribution in [0.15, 0.2) is 71.8 Å². The van der Waals surface area contributed by atoms with Crippen LogP contribution in [0, 0.1) is 27.7 Å².